The number of anilines is 2. The number of ether oxygens (including phenoxy) is 2. The van der Waals surface area contributed by atoms with Crippen molar-refractivity contribution in [1.82, 2.24) is 15.3 Å². The van der Waals surface area contributed by atoms with Gasteiger partial charge in [-0.2, -0.15) is 4.98 Å². The molecule has 1 aliphatic carbocycles. The Balaban J connectivity index is 1.16. The summed E-state index contributed by atoms with van der Waals surface area (Å²) in [6.07, 6.45) is 4.21. The summed E-state index contributed by atoms with van der Waals surface area (Å²) in [4.78, 5) is 22.6. The molecule has 3 aromatic carbocycles. The molecule has 0 spiro atoms. The minimum atomic E-state index is -0.379. The molecule has 2 N–H and O–H groups in total. The first kappa shape index (κ1) is 28.1. The minimum Gasteiger partial charge on any atom is -0.497 e. The molecule has 0 aliphatic heterocycles. The summed E-state index contributed by atoms with van der Waals surface area (Å²) in [6, 6.07) is 20.4. The van der Waals surface area contributed by atoms with Gasteiger partial charge in [0.05, 0.1) is 17.5 Å². The number of nitro benzene ring substituents is 1. The van der Waals surface area contributed by atoms with Crippen LogP contribution in [0.3, 0.4) is 0 Å². The van der Waals surface area contributed by atoms with Crippen LogP contribution in [0.1, 0.15) is 31.2 Å². The molecule has 0 atom stereocenters. The van der Waals surface area contributed by atoms with Crippen LogP contribution < -0.4 is 25.0 Å². The van der Waals surface area contributed by atoms with Crippen molar-refractivity contribution < 1.29 is 14.4 Å². The standard InChI is InChI=1S/C31H36N6O4/c1-36(2)30-27-6-4-5-7-28(27)34-31(35-30)33-23-10-8-21(9-11-23)19-32-20-22-18-24(37(38)39)12-17-29(22)41-26-15-13-25(40-3)14-16-26/h4-7,12-18,21,23,32H,8-11,19-20H2,1-3H3,(H,33,34,35). The molecule has 214 valence electrons. The van der Waals surface area contributed by atoms with Crippen LogP contribution in [0.25, 0.3) is 10.9 Å². The number of fused-ring (bicyclic) bond motifs is 1. The topological polar surface area (TPSA) is 115 Å². The van der Waals surface area contributed by atoms with Crippen molar-refractivity contribution in [1.29, 1.82) is 0 Å². The summed E-state index contributed by atoms with van der Waals surface area (Å²) in [6.45, 7) is 1.30. The van der Waals surface area contributed by atoms with Gasteiger partial charge in [0.25, 0.3) is 5.69 Å². The monoisotopic (exact) mass is 556 g/mol. The van der Waals surface area contributed by atoms with Gasteiger partial charge in [-0.05, 0) is 80.6 Å². The Morgan fingerprint density at radius 1 is 0.976 bits per heavy atom. The van der Waals surface area contributed by atoms with Crippen LogP contribution >= 0.6 is 0 Å². The van der Waals surface area contributed by atoms with Crippen LogP contribution in [0.4, 0.5) is 17.5 Å². The second kappa shape index (κ2) is 12.8. The molecular formula is C31H36N6O4. The van der Waals surface area contributed by atoms with E-state index in [4.69, 9.17) is 19.4 Å². The Kier molecular flexibility index (Phi) is 8.79. The Bertz CT molecular complexity index is 1490. The van der Waals surface area contributed by atoms with Gasteiger partial charge < -0.3 is 25.0 Å². The molecule has 1 fully saturated rings. The number of nitrogens with zero attached hydrogens (tertiary/aromatic N) is 4. The summed E-state index contributed by atoms with van der Waals surface area (Å²) >= 11 is 0. The van der Waals surface area contributed by atoms with E-state index < -0.39 is 0 Å². The second-order valence-corrected chi connectivity index (χ2v) is 10.6. The van der Waals surface area contributed by atoms with E-state index in [1.165, 1.54) is 6.07 Å². The molecule has 0 saturated heterocycles. The highest BCUT2D eigenvalue weighted by Gasteiger charge is 2.22. The highest BCUT2D eigenvalue weighted by atomic mass is 16.6. The molecule has 1 saturated carbocycles. The van der Waals surface area contributed by atoms with E-state index in [9.17, 15) is 10.1 Å². The Labute approximate surface area is 239 Å². The molecule has 1 heterocycles. The van der Waals surface area contributed by atoms with Crippen LogP contribution in [-0.4, -0.2) is 48.7 Å². The third kappa shape index (κ3) is 7.01. The quantitative estimate of drug-likeness (QED) is 0.165. The van der Waals surface area contributed by atoms with E-state index >= 15 is 0 Å². The third-order valence-electron chi connectivity index (χ3n) is 7.48. The molecule has 1 aliphatic rings. The second-order valence-electron chi connectivity index (χ2n) is 10.6. The maximum atomic E-state index is 11.4. The fourth-order valence-corrected chi connectivity index (χ4v) is 5.26. The van der Waals surface area contributed by atoms with Gasteiger partial charge in [-0.1, -0.05) is 12.1 Å². The van der Waals surface area contributed by atoms with Crippen molar-refractivity contribution in [3.8, 4) is 17.2 Å². The van der Waals surface area contributed by atoms with E-state index in [0.717, 1.165) is 60.3 Å². The van der Waals surface area contributed by atoms with Gasteiger partial charge in [0.2, 0.25) is 5.95 Å². The van der Waals surface area contributed by atoms with Crippen molar-refractivity contribution >= 4 is 28.4 Å². The van der Waals surface area contributed by atoms with Gasteiger partial charge in [0, 0.05) is 49.8 Å². The number of hydrogen-bond donors (Lipinski definition) is 2. The maximum Gasteiger partial charge on any atom is 0.270 e. The molecule has 10 nitrogen and oxygen atoms in total. The summed E-state index contributed by atoms with van der Waals surface area (Å²) in [7, 11) is 5.61. The third-order valence-corrected chi connectivity index (χ3v) is 7.48. The lowest BCUT2D eigenvalue weighted by Gasteiger charge is -2.29. The highest BCUT2D eigenvalue weighted by Crippen LogP contribution is 2.31. The molecule has 10 heteroatoms. The number of nitrogens with one attached hydrogen (secondary N) is 2. The molecule has 0 amide bonds. The number of aromatic nitrogens is 2. The first-order valence-corrected chi connectivity index (χ1v) is 13.9. The van der Waals surface area contributed by atoms with Crippen LogP contribution in [0.15, 0.2) is 66.7 Å². The summed E-state index contributed by atoms with van der Waals surface area (Å²) in [5, 5.41) is 19.5. The van der Waals surface area contributed by atoms with Crippen molar-refractivity contribution in [2.24, 2.45) is 5.92 Å². The number of benzene rings is 3. The van der Waals surface area contributed by atoms with Gasteiger partial charge >= 0.3 is 0 Å². The van der Waals surface area contributed by atoms with Crippen molar-refractivity contribution in [3.05, 3.63) is 82.4 Å². The molecule has 0 radical (unpaired) electrons. The first-order valence-electron chi connectivity index (χ1n) is 13.9. The summed E-state index contributed by atoms with van der Waals surface area (Å²) in [5.41, 5.74) is 1.72. The average Bonchev–Trinajstić information content (AvgIpc) is 2.98. The minimum absolute atomic E-state index is 0.0452. The molecule has 4 aromatic rings. The van der Waals surface area contributed by atoms with Crippen molar-refractivity contribution in [2.75, 3.05) is 38.0 Å². The first-order chi connectivity index (χ1) is 19.9. The number of methoxy groups -OCH3 is 1. The van der Waals surface area contributed by atoms with Crippen molar-refractivity contribution in [2.45, 2.75) is 38.3 Å². The molecule has 0 bridgehead atoms. The average molecular weight is 557 g/mol. The normalized spacial score (nSPS) is 16.8. The maximum absolute atomic E-state index is 11.4. The van der Waals surface area contributed by atoms with Crippen LogP contribution in [0.2, 0.25) is 0 Å². The van der Waals surface area contributed by atoms with Gasteiger partial charge in [0.1, 0.15) is 23.1 Å². The Hall–Kier alpha value is -4.44. The molecule has 0 unspecified atom stereocenters. The number of rotatable bonds is 11. The van der Waals surface area contributed by atoms with Gasteiger partial charge in [-0.25, -0.2) is 4.98 Å². The predicted octanol–water partition coefficient (Wildman–Crippen LogP) is 6.17. The number of para-hydroxylation sites is 1. The zero-order valence-electron chi connectivity index (χ0n) is 23.7. The largest absolute Gasteiger partial charge is 0.497 e. The lowest BCUT2D eigenvalue weighted by Crippen LogP contribution is -2.31. The number of hydrogen-bond acceptors (Lipinski definition) is 9. The van der Waals surface area contributed by atoms with Crippen LogP contribution in [-0.2, 0) is 6.54 Å². The van der Waals surface area contributed by atoms with E-state index in [0.29, 0.717) is 36.0 Å². The Morgan fingerprint density at radius 3 is 2.41 bits per heavy atom. The predicted molar refractivity (Wildman–Crippen MR) is 161 cm³/mol. The zero-order chi connectivity index (χ0) is 28.8. The number of non-ortho nitro benzene ring substituents is 1. The lowest BCUT2D eigenvalue weighted by atomic mass is 9.86. The fraction of sp³-hybridized carbons (Fsp3) is 0.355. The van der Waals surface area contributed by atoms with E-state index in [2.05, 4.69) is 16.7 Å². The molecule has 1 aromatic heterocycles. The molecular weight excluding hydrogens is 520 g/mol. The molecule has 5 rings (SSSR count). The fourth-order valence-electron chi connectivity index (χ4n) is 5.26. The lowest BCUT2D eigenvalue weighted by molar-refractivity contribution is -0.384. The summed E-state index contributed by atoms with van der Waals surface area (Å²) in [5.74, 6) is 4.06. The molecule has 41 heavy (non-hydrogen) atoms. The van der Waals surface area contributed by atoms with Crippen LogP contribution in [0.5, 0.6) is 17.2 Å². The zero-order valence-corrected chi connectivity index (χ0v) is 23.7. The van der Waals surface area contributed by atoms with E-state index in [-0.39, 0.29) is 10.6 Å². The number of nitro groups is 1. The van der Waals surface area contributed by atoms with E-state index in [1.807, 2.05) is 61.5 Å². The SMILES string of the molecule is COc1ccc(Oc2ccc([N+](=O)[O-])cc2CNCC2CCC(Nc3nc(N(C)C)c4ccccc4n3)CC2)cc1. The smallest absolute Gasteiger partial charge is 0.270 e. The van der Waals surface area contributed by atoms with Crippen molar-refractivity contribution in [3.63, 3.8) is 0 Å². The Morgan fingerprint density at radius 2 is 1.71 bits per heavy atom. The van der Waals surface area contributed by atoms with Gasteiger partial charge in [-0.3, -0.25) is 10.1 Å². The van der Waals surface area contributed by atoms with Crippen LogP contribution in [0, 0.1) is 16.0 Å². The van der Waals surface area contributed by atoms with Gasteiger partial charge in [0.15, 0.2) is 0 Å². The highest BCUT2D eigenvalue weighted by molar-refractivity contribution is 5.90. The summed E-state index contributed by atoms with van der Waals surface area (Å²) < 4.78 is 11.3. The van der Waals surface area contributed by atoms with Gasteiger partial charge in [-0.15, -0.1) is 0 Å². The van der Waals surface area contributed by atoms with E-state index in [1.54, 1.807) is 19.2 Å².